The van der Waals surface area contributed by atoms with E-state index in [-0.39, 0.29) is 11.9 Å². The van der Waals surface area contributed by atoms with Crippen molar-refractivity contribution in [3.8, 4) is 0 Å². The van der Waals surface area contributed by atoms with Crippen LogP contribution in [0.1, 0.15) is 25.3 Å². The quantitative estimate of drug-likeness (QED) is 0.918. The van der Waals surface area contributed by atoms with Crippen LogP contribution >= 0.6 is 11.6 Å². The molecule has 1 N–H and O–H groups in total. The summed E-state index contributed by atoms with van der Waals surface area (Å²) >= 11 is 5.86. The van der Waals surface area contributed by atoms with Gasteiger partial charge in [0.25, 0.3) is 0 Å². The van der Waals surface area contributed by atoms with Gasteiger partial charge in [-0.3, -0.25) is 4.79 Å². The van der Waals surface area contributed by atoms with Gasteiger partial charge in [0.15, 0.2) is 0 Å². The molecule has 0 saturated carbocycles. The molecule has 126 valence electrons. The van der Waals surface area contributed by atoms with E-state index in [1.54, 1.807) is 17.0 Å². The Morgan fingerprint density at radius 3 is 2.43 bits per heavy atom. The zero-order valence-corrected chi connectivity index (χ0v) is 14.3. The number of rotatable bonds is 4. The topological polar surface area (TPSA) is 52.7 Å². The summed E-state index contributed by atoms with van der Waals surface area (Å²) in [6.07, 6.45) is 2.11. The molecular weight excluding hydrogens is 314 g/mol. The van der Waals surface area contributed by atoms with E-state index >= 15 is 0 Å². The summed E-state index contributed by atoms with van der Waals surface area (Å²) in [4.78, 5) is 28.1. The third-order valence-electron chi connectivity index (χ3n) is 3.93. The number of carbonyl (C=O) groups is 2. The monoisotopic (exact) mass is 337 g/mol. The second-order valence-corrected chi connectivity index (χ2v) is 6.19. The molecule has 6 heteroatoms. The Morgan fingerprint density at radius 1 is 1.09 bits per heavy atom. The van der Waals surface area contributed by atoms with Crippen molar-refractivity contribution in [3.05, 3.63) is 34.9 Å². The van der Waals surface area contributed by atoms with Crippen molar-refractivity contribution in [2.24, 2.45) is 0 Å². The fourth-order valence-corrected chi connectivity index (χ4v) is 2.73. The van der Waals surface area contributed by atoms with E-state index in [1.807, 2.05) is 24.0 Å². The van der Waals surface area contributed by atoms with E-state index in [2.05, 4.69) is 5.32 Å². The molecule has 1 aliphatic heterocycles. The summed E-state index contributed by atoms with van der Waals surface area (Å²) in [5.74, 6) is 0.100. The lowest BCUT2D eigenvalue weighted by Gasteiger charge is -2.22. The summed E-state index contributed by atoms with van der Waals surface area (Å²) in [5.41, 5.74) is 0.959. The van der Waals surface area contributed by atoms with Gasteiger partial charge in [0.1, 0.15) is 0 Å². The van der Waals surface area contributed by atoms with E-state index < -0.39 is 0 Å². The highest BCUT2D eigenvalue weighted by atomic mass is 35.5. The van der Waals surface area contributed by atoms with Crippen LogP contribution in [0.4, 0.5) is 4.79 Å². The second kappa shape index (κ2) is 8.77. The lowest BCUT2D eigenvalue weighted by Crippen LogP contribution is -2.43. The van der Waals surface area contributed by atoms with E-state index in [4.69, 9.17) is 11.6 Å². The van der Waals surface area contributed by atoms with Crippen LogP contribution in [0.2, 0.25) is 5.02 Å². The van der Waals surface area contributed by atoms with E-state index in [0.717, 1.165) is 18.4 Å². The smallest absolute Gasteiger partial charge is 0.317 e. The van der Waals surface area contributed by atoms with Gasteiger partial charge >= 0.3 is 6.03 Å². The Balaban J connectivity index is 1.85. The van der Waals surface area contributed by atoms with Gasteiger partial charge in [0, 0.05) is 37.7 Å². The highest BCUT2D eigenvalue weighted by molar-refractivity contribution is 6.30. The molecule has 23 heavy (non-hydrogen) atoms. The number of hydrogen-bond acceptors (Lipinski definition) is 2. The normalized spacial score (nSPS) is 15.2. The molecule has 1 aliphatic rings. The number of carbonyl (C=O) groups excluding carboxylic acids is 2. The van der Waals surface area contributed by atoms with Crippen LogP contribution < -0.4 is 5.32 Å². The molecule has 0 atom stereocenters. The fourth-order valence-electron chi connectivity index (χ4n) is 2.60. The number of nitrogens with one attached hydrogen (secondary N) is 1. The minimum absolute atomic E-state index is 0.0288. The first-order valence-electron chi connectivity index (χ1n) is 8.15. The maximum atomic E-state index is 12.4. The van der Waals surface area contributed by atoms with Crippen molar-refractivity contribution < 1.29 is 9.59 Å². The Hall–Kier alpha value is -1.75. The summed E-state index contributed by atoms with van der Waals surface area (Å²) < 4.78 is 0. The molecule has 0 unspecified atom stereocenters. The zero-order valence-electron chi connectivity index (χ0n) is 13.6. The van der Waals surface area contributed by atoms with Crippen molar-refractivity contribution in [3.63, 3.8) is 0 Å². The molecule has 1 aromatic rings. The van der Waals surface area contributed by atoms with Crippen LogP contribution in [0.3, 0.4) is 0 Å². The lowest BCUT2D eigenvalue weighted by molar-refractivity contribution is -0.130. The minimum atomic E-state index is -0.0288. The van der Waals surface area contributed by atoms with Crippen molar-refractivity contribution in [2.45, 2.75) is 26.2 Å². The third-order valence-corrected chi connectivity index (χ3v) is 4.18. The van der Waals surface area contributed by atoms with Crippen LogP contribution in [0, 0.1) is 0 Å². The number of hydrogen-bond donors (Lipinski definition) is 1. The van der Waals surface area contributed by atoms with Gasteiger partial charge < -0.3 is 15.1 Å². The number of amides is 3. The molecule has 1 fully saturated rings. The highest BCUT2D eigenvalue weighted by Gasteiger charge is 2.21. The average Bonchev–Trinajstić information content (AvgIpc) is 2.81. The van der Waals surface area contributed by atoms with Crippen LogP contribution in [0.5, 0.6) is 0 Å². The Bertz CT molecular complexity index is 533. The molecule has 0 spiro atoms. The van der Waals surface area contributed by atoms with Gasteiger partial charge in [-0.05, 0) is 30.5 Å². The van der Waals surface area contributed by atoms with Gasteiger partial charge in [0.2, 0.25) is 5.91 Å². The van der Waals surface area contributed by atoms with Crippen LogP contribution in [0.15, 0.2) is 24.3 Å². The summed E-state index contributed by atoms with van der Waals surface area (Å²) in [7, 11) is 0. The molecule has 5 nitrogen and oxygen atoms in total. The third kappa shape index (κ3) is 5.43. The number of benzene rings is 1. The number of urea groups is 1. The van der Waals surface area contributed by atoms with Crippen molar-refractivity contribution in [1.29, 1.82) is 0 Å². The van der Waals surface area contributed by atoms with Crippen molar-refractivity contribution >= 4 is 23.5 Å². The maximum absolute atomic E-state index is 12.4. The van der Waals surface area contributed by atoms with E-state index in [9.17, 15) is 9.59 Å². The first-order valence-corrected chi connectivity index (χ1v) is 8.53. The first kappa shape index (κ1) is 17.6. The van der Waals surface area contributed by atoms with Crippen LogP contribution in [-0.4, -0.2) is 54.5 Å². The molecule has 2 rings (SSSR count). The molecule has 1 aromatic carbocycles. The summed E-state index contributed by atoms with van der Waals surface area (Å²) in [6.45, 7) is 5.28. The fraction of sp³-hybridized carbons (Fsp3) is 0.529. The molecule has 0 bridgehead atoms. The van der Waals surface area contributed by atoms with Crippen molar-refractivity contribution in [2.75, 3.05) is 32.7 Å². The molecule has 3 amide bonds. The van der Waals surface area contributed by atoms with Crippen LogP contribution in [-0.2, 0) is 11.2 Å². The second-order valence-electron chi connectivity index (χ2n) is 5.76. The molecule has 1 saturated heterocycles. The van der Waals surface area contributed by atoms with Crippen molar-refractivity contribution in [1.82, 2.24) is 15.1 Å². The van der Waals surface area contributed by atoms with Gasteiger partial charge in [0.05, 0.1) is 6.42 Å². The average molecular weight is 338 g/mol. The summed E-state index contributed by atoms with van der Waals surface area (Å²) in [6, 6.07) is 7.32. The van der Waals surface area contributed by atoms with E-state index in [0.29, 0.717) is 44.2 Å². The Kier molecular flexibility index (Phi) is 6.71. The highest BCUT2D eigenvalue weighted by Crippen LogP contribution is 2.12. The lowest BCUT2D eigenvalue weighted by atomic mass is 10.1. The molecular formula is C17H24ClN3O2. The predicted octanol–water partition coefficient (Wildman–Crippen LogP) is 2.54. The number of nitrogens with zero attached hydrogens (tertiary/aromatic N) is 2. The van der Waals surface area contributed by atoms with Gasteiger partial charge in [-0.2, -0.15) is 0 Å². The van der Waals surface area contributed by atoms with Crippen LogP contribution in [0.25, 0.3) is 0 Å². The largest absolute Gasteiger partial charge is 0.341 e. The van der Waals surface area contributed by atoms with Gasteiger partial charge in [-0.25, -0.2) is 4.79 Å². The minimum Gasteiger partial charge on any atom is -0.341 e. The first-order chi connectivity index (χ1) is 11.1. The molecule has 0 aliphatic carbocycles. The van der Waals surface area contributed by atoms with Gasteiger partial charge in [-0.15, -0.1) is 0 Å². The zero-order chi connectivity index (χ0) is 16.7. The SMILES string of the molecule is CCCNC(=O)N1CCCN(C(=O)Cc2ccc(Cl)cc2)CC1. The molecule has 0 aromatic heterocycles. The Labute approximate surface area is 142 Å². The molecule has 0 radical (unpaired) electrons. The maximum Gasteiger partial charge on any atom is 0.317 e. The predicted molar refractivity (Wildman–Crippen MR) is 91.6 cm³/mol. The van der Waals surface area contributed by atoms with E-state index in [1.165, 1.54) is 0 Å². The summed E-state index contributed by atoms with van der Waals surface area (Å²) in [5, 5.41) is 3.56. The standard InChI is InChI=1S/C17H24ClN3O2/c1-2-8-19-17(23)21-10-3-9-20(11-12-21)16(22)13-14-4-6-15(18)7-5-14/h4-7H,2-3,8-13H2,1H3,(H,19,23). The molecule has 1 heterocycles. The van der Waals surface area contributed by atoms with Gasteiger partial charge in [-0.1, -0.05) is 30.7 Å². The Morgan fingerprint density at radius 2 is 1.74 bits per heavy atom. The number of halogens is 1.